The molecule has 3 heterocycles. The number of para-hydroxylation sites is 1. The highest BCUT2D eigenvalue weighted by Crippen LogP contribution is 2.59. The highest BCUT2D eigenvalue weighted by molar-refractivity contribution is 7.88. The quantitative estimate of drug-likeness (QED) is 0.502. The Labute approximate surface area is 243 Å². The zero-order valence-electron chi connectivity index (χ0n) is 24.3. The van der Waals surface area contributed by atoms with Crippen molar-refractivity contribution in [1.82, 2.24) is 19.1 Å². The Balaban J connectivity index is 0.993. The number of piperidine rings is 1. The molecule has 2 bridgehead atoms. The minimum atomic E-state index is -3.37. The van der Waals surface area contributed by atoms with Crippen LogP contribution in [-0.4, -0.2) is 73.1 Å². The predicted octanol–water partition coefficient (Wildman–Crippen LogP) is 3.89. The molecule has 0 radical (unpaired) electrons. The van der Waals surface area contributed by atoms with Gasteiger partial charge in [0.15, 0.2) is 0 Å². The van der Waals surface area contributed by atoms with Crippen molar-refractivity contribution in [2.75, 3.05) is 32.4 Å². The second-order valence-electron chi connectivity index (χ2n) is 13.8. The summed E-state index contributed by atoms with van der Waals surface area (Å²) in [5.41, 5.74) is 1.32. The molecule has 2 amide bonds. The molecule has 8 atom stereocenters. The minimum absolute atomic E-state index is 0.0150. The highest BCUT2D eigenvalue weighted by atomic mass is 32.2. The zero-order valence-corrected chi connectivity index (χ0v) is 25.1. The molecular weight excluding hydrogens is 536 g/mol. The van der Waals surface area contributed by atoms with E-state index in [9.17, 15) is 18.0 Å². The molecule has 222 valence electrons. The summed E-state index contributed by atoms with van der Waals surface area (Å²) in [5, 5.41) is 1.31. The van der Waals surface area contributed by atoms with Crippen LogP contribution in [0, 0.1) is 41.4 Å². The van der Waals surface area contributed by atoms with E-state index in [2.05, 4.69) is 50.7 Å². The Morgan fingerprint density at radius 2 is 1.54 bits per heavy atom. The third kappa shape index (κ3) is 4.85. The average Bonchev–Trinajstić information content (AvgIpc) is 3.69. The molecule has 6 unspecified atom stereocenters. The van der Waals surface area contributed by atoms with Crippen LogP contribution in [0.4, 0.5) is 0 Å². The van der Waals surface area contributed by atoms with Gasteiger partial charge in [0.1, 0.15) is 0 Å². The van der Waals surface area contributed by atoms with Crippen molar-refractivity contribution in [3.63, 3.8) is 0 Å². The van der Waals surface area contributed by atoms with E-state index in [4.69, 9.17) is 0 Å². The molecule has 0 spiro atoms. The van der Waals surface area contributed by atoms with Gasteiger partial charge < -0.3 is 9.47 Å². The number of imide groups is 1. The number of amides is 2. The molecule has 1 aromatic heterocycles. The van der Waals surface area contributed by atoms with Gasteiger partial charge in [-0.1, -0.05) is 38.0 Å². The number of carbonyl (C=O) groups is 2. The largest absolute Gasteiger partial charge is 0.344 e. The van der Waals surface area contributed by atoms with E-state index in [1.807, 2.05) is 6.92 Å². The number of sulfonamides is 1. The van der Waals surface area contributed by atoms with Gasteiger partial charge in [-0.05, 0) is 79.2 Å². The van der Waals surface area contributed by atoms with Gasteiger partial charge in [-0.3, -0.25) is 14.5 Å². The van der Waals surface area contributed by atoms with Gasteiger partial charge in [-0.25, -0.2) is 13.1 Å². The van der Waals surface area contributed by atoms with Crippen molar-refractivity contribution in [3.8, 4) is 0 Å². The third-order valence-corrected chi connectivity index (χ3v) is 12.3. The van der Waals surface area contributed by atoms with Crippen LogP contribution in [0.5, 0.6) is 0 Å². The Morgan fingerprint density at radius 1 is 0.878 bits per heavy atom. The van der Waals surface area contributed by atoms with E-state index in [1.165, 1.54) is 30.0 Å². The summed E-state index contributed by atoms with van der Waals surface area (Å²) >= 11 is 0. The van der Waals surface area contributed by atoms with Gasteiger partial charge >= 0.3 is 0 Å². The number of likely N-dealkylation sites (tertiary alicyclic amines) is 2. The first-order valence-corrected chi connectivity index (χ1v) is 17.7. The van der Waals surface area contributed by atoms with Gasteiger partial charge in [0, 0.05) is 50.0 Å². The summed E-state index contributed by atoms with van der Waals surface area (Å²) in [4.78, 5) is 31.7. The van der Waals surface area contributed by atoms with Crippen LogP contribution in [0.3, 0.4) is 0 Å². The molecule has 3 saturated carbocycles. The standard InChI is InChI=1S/C32H44N4O4S/c1-20-25-17-26(30(20)33-41(2,39)40)29-28(25)31(37)36(32(29)38)19-23-9-4-3-8-22(23)18-34-14-12-24(13-15-34)35-16-11-21-7-5-6-10-27(21)35/h5-7,10-11,16,20,22-26,28-30,33H,3-4,8-9,12-15,17-19H2,1-2H3/t20?,22-,23-,25?,26?,28?,29?,30?/m0/s1. The first kappa shape index (κ1) is 27.6. The number of aromatic nitrogens is 1. The molecule has 3 aliphatic carbocycles. The Morgan fingerprint density at radius 3 is 2.24 bits per heavy atom. The number of hydrogen-bond acceptors (Lipinski definition) is 5. The first-order chi connectivity index (χ1) is 19.7. The molecule has 9 heteroatoms. The summed E-state index contributed by atoms with van der Waals surface area (Å²) < 4.78 is 29.3. The van der Waals surface area contributed by atoms with Crippen molar-refractivity contribution in [1.29, 1.82) is 0 Å². The van der Waals surface area contributed by atoms with Crippen molar-refractivity contribution in [2.45, 2.75) is 64.0 Å². The summed E-state index contributed by atoms with van der Waals surface area (Å²) in [7, 11) is -3.37. The van der Waals surface area contributed by atoms with Crippen LogP contribution in [-0.2, 0) is 19.6 Å². The lowest BCUT2D eigenvalue weighted by Gasteiger charge is -2.40. The van der Waals surface area contributed by atoms with Gasteiger partial charge in [0.05, 0.1) is 18.1 Å². The highest BCUT2D eigenvalue weighted by Gasteiger charge is 2.66. The van der Waals surface area contributed by atoms with Gasteiger partial charge in [-0.2, -0.15) is 0 Å². The van der Waals surface area contributed by atoms with Crippen LogP contribution in [0.15, 0.2) is 36.5 Å². The molecule has 1 aromatic carbocycles. The SMILES string of the molecule is CC1C2CC(C1NS(C)(=O)=O)C1C(=O)N(C[C@@H]3CCCC[C@H]3CN3CCC(n4ccc5ccccc54)CC3)C(=O)C21. The number of carbonyl (C=O) groups excluding carboxylic acids is 2. The van der Waals surface area contributed by atoms with E-state index >= 15 is 0 Å². The van der Waals surface area contributed by atoms with Crippen LogP contribution in [0.2, 0.25) is 0 Å². The number of fused-ring (bicyclic) bond motifs is 6. The number of nitrogens with zero attached hydrogens (tertiary/aromatic N) is 3. The van der Waals surface area contributed by atoms with E-state index in [-0.39, 0.29) is 47.4 Å². The van der Waals surface area contributed by atoms with E-state index in [0.29, 0.717) is 24.4 Å². The average molecular weight is 581 g/mol. The number of nitrogens with one attached hydrogen (secondary N) is 1. The summed E-state index contributed by atoms with van der Waals surface area (Å²) in [6.45, 7) is 5.81. The van der Waals surface area contributed by atoms with Crippen molar-refractivity contribution in [2.24, 2.45) is 41.4 Å². The minimum Gasteiger partial charge on any atom is -0.344 e. The van der Waals surface area contributed by atoms with Crippen molar-refractivity contribution >= 4 is 32.7 Å². The van der Waals surface area contributed by atoms with E-state index in [1.54, 1.807) is 4.90 Å². The molecule has 41 heavy (non-hydrogen) atoms. The molecule has 5 aliphatic rings. The molecule has 5 fully saturated rings. The Kier molecular flexibility index (Phi) is 7.06. The Bertz CT molecular complexity index is 1430. The lowest BCUT2D eigenvalue weighted by atomic mass is 9.73. The first-order valence-electron chi connectivity index (χ1n) is 15.8. The molecule has 2 aliphatic heterocycles. The molecular formula is C32H44N4O4S. The molecule has 1 N–H and O–H groups in total. The summed E-state index contributed by atoms with van der Waals surface area (Å²) in [6.07, 6.45) is 11.1. The summed E-state index contributed by atoms with van der Waals surface area (Å²) in [6, 6.07) is 11.1. The number of rotatable bonds is 7. The topological polar surface area (TPSA) is 91.7 Å². The smallest absolute Gasteiger partial charge is 0.233 e. The molecule has 2 aromatic rings. The lowest BCUT2D eigenvalue weighted by molar-refractivity contribution is -0.142. The van der Waals surface area contributed by atoms with Gasteiger partial charge in [0.2, 0.25) is 21.8 Å². The summed E-state index contributed by atoms with van der Waals surface area (Å²) in [5.74, 6) is 0.307. The van der Waals surface area contributed by atoms with Crippen molar-refractivity contribution in [3.05, 3.63) is 36.5 Å². The second kappa shape index (κ2) is 10.5. The fourth-order valence-corrected chi connectivity index (χ4v) is 10.5. The van der Waals surface area contributed by atoms with E-state index in [0.717, 1.165) is 51.7 Å². The van der Waals surface area contributed by atoms with Gasteiger partial charge in [-0.15, -0.1) is 0 Å². The molecule has 8 nitrogen and oxygen atoms in total. The van der Waals surface area contributed by atoms with Crippen LogP contribution in [0.25, 0.3) is 10.9 Å². The molecule has 7 rings (SSSR count). The van der Waals surface area contributed by atoms with Crippen molar-refractivity contribution < 1.29 is 18.0 Å². The van der Waals surface area contributed by atoms with E-state index < -0.39 is 10.0 Å². The Hall–Kier alpha value is -2.23. The van der Waals surface area contributed by atoms with Gasteiger partial charge in [0.25, 0.3) is 0 Å². The van der Waals surface area contributed by atoms with Crippen LogP contribution in [0.1, 0.15) is 57.9 Å². The maximum Gasteiger partial charge on any atom is 0.233 e. The fraction of sp³-hybridized carbons (Fsp3) is 0.688. The maximum absolute atomic E-state index is 13.7. The predicted molar refractivity (Wildman–Crippen MR) is 158 cm³/mol. The van der Waals surface area contributed by atoms with Crippen LogP contribution >= 0.6 is 0 Å². The zero-order chi connectivity index (χ0) is 28.5. The fourth-order valence-electron chi connectivity index (χ4n) is 9.61. The lowest BCUT2D eigenvalue weighted by Crippen LogP contribution is -2.48. The normalized spacial score (nSPS) is 36.5. The second-order valence-corrected chi connectivity index (χ2v) is 15.6. The third-order valence-electron chi connectivity index (χ3n) is 11.6. The number of hydrogen-bond donors (Lipinski definition) is 1. The molecule has 2 saturated heterocycles. The van der Waals surface area contributed by atoms with Crippen LogP contribution < -0.4 is 4.72 Å². The number of benzene rings is 1. The maximum atomic E-state index is 13.7. The monoisotopic (exact) mass is 580 g/mol.